The van der Waals surface area contributed by atoms with Gasteiger partial charge >= 0.3 is 0 Å². The molecular formula is C14H21BrClNS. The van der Waals surface area contributed by atoms with Crippen molar-refractivity contribution in [1.29, 1.82) is 0 Å². The molecule has 1 heterocycles. The number of thiophene rings is 1. The van der Waals surface area contributed by atoms with Crippen LogP contribution in [0.1, 0.15) is 56.4 Å². The van der Waals surface area contributed by atoms with E-state index in [0.29, 0.717) is 6.04 Å². The van der Waals surface area contributed by atoms with E-state index in [9.17, 15) is 0 Å². The standard InChI is InChI=1S/C14H21BrClNS/c1-2-17-12(8-7-10-5-3-4-6-10)13-9-11(15)14(16)18-13/h9-10,12,17H,2-8H2,1H3. The molecule has 0 amide bonds. The average molecular weight is 351 g/mol. The Morgan fingerprint density at radius 2 is 2.22 bits per heavy atom. The summed E-state index contributed by atoms with van der Waals surface area (Å²) in [6.45, 7) is 3.19. The molecule has 1 atom stereocenters. The van der Waals surface area contributed by atoms with Crippen molar-refractivity contribution in [3.8, 4) is 0 Å². The number of hydrogen-bond donors (Lipinski definition) is 1. The van der Waals surface area contributed by atoms with Crippen LogP contribution in [0.3, 0.4) is 0 Å². The Kier molecular flexibility index (Phi) is 5.99. The molecular weight excluding hydrogens is 330 g/mol. The zero-order chi connectivity index (χ0) is 13.0. The van der Waals surface area contributed by atoms with Crippen molar-refractivity contribution < 1.29 is 0 Å². The zero-order valence-electron chi connectivity index (χ0n) is 10.8. The van der Waals surface area contributed by atoms with Crippen molar-refractivity contribution >= 4 is 38.9 Å². The smallest absolute Gasteiger partial charge is 0.107 e. The van der Waals surface area contributed by atoms with Crippen molar-refractivity contribution in [3.63, 3.8) is 0 Å². The van der Waals surface area contributed by atoms with Crippen LogP contribution in [0.15, 0.2) is 10.5 Å². The highest BCUT2D eigenvalue weighted by Crippen LogP contribution is 2.38. The largest absolute Gasteiger partial charge is 0.310 e. The van der Waals surface area contributed by atoms with Crippen molar-refractivity contribution in [2.45, 2.75) is 51.5 Å². The molecule has 0 spiro atoms. The van der Waals surface area contributed by atoms with Gasteiger partial charge in [0.05, 0.1) is 0 Å². The zero-order valence-corrected chi connectivity index (χ0v) is 14.0. The van der Waals surface area contributed by atoms with Gasteiger partial charge in [0.15, 0.2) is 0 Å². The lowest BCUT2D eigenvalue weighted by Crippen LogP contribution is -2.20. The Bertz CT molecular complexity index is 354. The van der Waals surface area contributed by atoms with Crippen molar-refractivity contribution in [3.05, 3.63) is 19.8 Å². The summed E-state index contributed by atoms with van der Waals surface area (Å²) in [5.41, 5.74) is 0. The lowest BCUT2D eigenvalue weighted by Gasteiger charge is -2.18. The van der Waals surface area contributed by atoms with Gasteiger partial charge < -0.3 is 5.32 Å². The number of nitrogens with one attached hydrogen (secondary N) is 1. The first-order valence-electron chi connectivity index (χ1n) is 6.88. The van der Waals surface area contributed by atoms with E-state index in [0.717, 1.165) is 21.3 Å². The minimum absolute atomic E-state index is 0.476. The topological polar surface area (TPSA) is 12.0 Å². The van der Waals surface area contributed by atoms with Gasteiger partial charge in [-0.3, -0.25) is 0 Å². The predicted octanol–water partition coefficient (Wildman–Crippen LogP) is 5.79. The number of hydrogen-bond acceptors (Lipinski definition) is 2. The SMILES string of the molecule is CCNC(CCC1CCCC1)c1cc(Br)c(Cl)s1. The Labute approximate surface area is 127 Å². The van der Waals surface area contributed by atoms with Crippen LogP contribution in [0.4, 0.5) is 0 Å². The summed E-state index contributed by atoms with van der Waals surface area (Å²) in [6.07, 6.45) is 8.34. The summed E-state index contributed by atoms with van der Waals surface area (Å²) >= 11 is 11.3. The molecule has 1 aromatic rings. The van der Waals surface area contributed by atoms with E-state index in [-0.39, 0.29) is 0 Å². The number of rotatable bonds is 6. The highest BCUT2D eigenvalue weighted by atomic mass is 79.9. The van der Waals surface area contributed by atoms with E-state index in [1.165, 1.54) is 43.4 Å². The summed E-state index contributed by atoms with van der Waals surface area (Å²) in [5.74, 6) is 0.963. The van der Waals surface area contributed by atoms with E-state index < -0.39 is 0 Å². The van der Waals surface area contributed by atoms with E-state index in [4.69, 9.17) is 11.6 Å². The highest BCUT2D eigenvalue weighted by Gasteiger charge is 2.19. The molecule has 18 heavy (non-hydrogen) atoms. The molecule has 0 saturated heterocycles. The molecule has 1 saturated carbocycles. The minimum Gasteiger partial charge on any atom is -0.310 e. The molecule has 1 aliphatic carbocycles. The van der Waals surface area contributed by atoms with Crippen molar-refractivity contribution in [1.82, 2.24) is 5.32 Å². The molecule has 0 aromatic carbocycles. The second-order valence-corrected chi connectivity index (χ2v) is 7.65. The van der Waals surface area contributed by atoms with Crippen LogP contribution in [-0.4, -0.2) is 6.54 Å². The van der Waals surface area contributed by atoms with Crippen LogP contribution >= 0.6 is 38.9 Å². The summed E-state index contributed by atoms with van der Waals surface area (Å²) in [6, 6.07) is 2.65. The van der Waals surface area contributed by atoms with E-state index in [1.54, 1.807) is 11.3 Å². The van der Waals surface area contributed by atoms with Gasteiger partial charge in [-0.2, -0.15) is 0 Å². The molecule has 0 bridgehead atoms. The maximum absolute atomic E-state index is 6.14. The summed E-state index contributed by atoms with van der Waals surface area (Å²) < 4.78 is 1.90. The van der Waals surface area contributed by atoms with Crippen LogP contribution in [0, 0.1) is 5.92 Å². The van der Waals surface area contributed by atoms with Crippen LogP contribution in [0.5, 0.6) is 0 Å². The van der Waals surface area contributed by atoms with E-state index >= 15 is 0 Å². The van der Waals surface area contributed by atoms with Crippen LogP contribution in [0.2, 0.25) is 4.34 Å². The number of halogens is 2. The van der Waals surface area contributed by atoms with Crippen molar-refractivity contribution in [2.75, 3.05) is 6.54 Å². The summed E-state index contributed by atoms with van der Waals surface area (Å²) in [4.78, 5) is 1.37. The first kappa shape index (κ1) is 14.8. The van der Waals surface area contributed by atoms with Crippen molar-refractivity contribution in [2.24, 2.45) is 5.92 Å². The quantitative estimate of drug-likeness (QED) is 0.685. The maximum Gasteiger partial charge on any atom is 0.107 e. The molecule has 0 aliphatic heterocycles. The Hall–Kier alpha value is 0.430. The van der Waals surface area contributed by atoms with E-state index in [2.05, 4.69) is 34.2 Å². The average Bonchev–Trinajstić information content (AvgIpc) is 2.96. The van der Waals surface area contributed by atoms with Gasteiger partial charge in [-0.15, -0.1) is 11.3 Å². The third-order valence-electron chi connectivity index (χ3n) is 3.80. The monoisotopic (exact) mass is 349 g/mol. The Balaban J connectivity index is 1.94. The van der Waals surface area contributed by atoms with Gasteiger partial charge in [-0.05, 0) is 47.3 Å². The fourth-order valence-electron chi connectivity index (χ4n) is 2.83. The molecule has 4 heteroatoms. The normalized spacial score (nSPS) is 18.4. The van der Waals surface area contributed by atoms with Crippen LogP contribution in [-0.2, 0) is 0 Å². The van der Waals surface area contributed by atoms with Gasteiger partial charge in [0, 0.05) is 15.4 Å². The summed E-state index contributed by atoms with van der Waals surface area (Å²) in [5, 5.41) is 3.59. The lowest BCUT2D eigenvalue weighted by atomic mass is 9.98. The second kappa shape index (κ2) is 7.28. The molecule has 2 rings (SSSR count). The Morgan fingerprint density at radius 1 is 1.50 bits per heavy atom. The molecule has 1 fully saturated rings. The third-order valence-corrected chi connectivity index (χ3v) is 6.38. The van der Waals surface area contributed by atoms with E-state index in [1.807, 2.05) is 0 Å². The second-order valence-electron chi connectivity index (χ2n) is 5.11. The molecule has 1 aliphatic rings. The third kappa shape index (κ3) is 3.96. The van der Waals surface area contributed by atoms with Gasteiger partial charge in [0.25, 0.3) is 0 Å². The van der Waals surface area contributed by atoms with Gasteiger partial charge in [-0.25, -0.2) is 0 Å². The van der Waals surface area contributed by atoms with Gasteiger partial charge in [0.1, 0.15) is 4.34 Å². The summed E-state index contributed by atoms with van der Waals surface area (Å²) in [7, 11) is 0. The molecule has 1 unspecified atom stereocenters. The molecule has 1 aromatic heterocycles. The molecule has 102 valence electrons. The molecule has 0 radical (unpaired) electrons. The molecule has 1 nitrogen and oxygen atoms in total. The lowest BCUT2D eigenvalue weighted by molar-refractivity contribution is 0.420. The first-order valence-corrected chi connectivity index (χ1v) is 8.87. The predicted molar refractivity (Wildman–Crippen MR) is 84.6 cm³/mol. The van der Waals surface area contributed by atoms with Crippen LogP contribution < -0.4 is 5.32 Å². The minimum atomic E-state index is 0.476. The fraction of sp³-hybridized carbons (Fsp3) is 0.714. The maximum atomic E-state index is 6.14. The van der Waals surface area contributed by atoms with Crippen LogP contribution in [0.25, 0.3) is 0 Å². The Morgan fingerprint density at radius 3 is 2.78 bits per heavy atom. The fourth-order valence-corrected chi connectivity index (χ4v) is 4.67. The molecule has 1 N–H and O–H groups in total. The van der Waals surface area contributed by atoms with Gasteiger partial charge in [0.2, 0.25) is 0 Å². The van der Waals surface area contributed by atoms with Gasteiger partial charge in [-0.1, -0.05) is 44.2 Å². The first-order chi connectivity index (χ1) is 8.70. The highest BCUT2D eigenvalue weighted by molar-refractivity contribution is 9.10.